The van der Waals surface area contributed by atoms with Gasteiger partial charge in [-0.15, -0.1) is 12.4 Å². The largest absolute Gasteiger partial charge is 0.335 e. The second-order valence-electron chi connectivity index (χ2n) is 6.09. The Labute approximate surface area is 158 Å². The van der Waals surface area contributed by atoms with Crippen LogP contribution in [0.5, 0.6) is 0 Å². The van der Waals surface area contributed by atoms with Crippen LogP contribution in [-0.2, 0) is 16.1 Å². The van der Waals surface area contributed by atoms with Crippen molar-refractivity contribution in [3.63, 3.8) is 0 Å². The van der Waals surface area contributed by atoms with Crippen molar-refractivity contribution in [1.82, 2.24) is 9.80 Å². The number of benzene rings is 2. The predicted molar refractivity (Wildman–Crippen MR) is 99.0 cm³/mol. The van der Waals surface area contributed by atoms with Crippen molar-refractivity contribution in [3.05, 3.63) is 71.5 Å². The van der Waals surface area contributed by atoms with Crippen LogP contribution in [0.3, 0.4) is 0 Å². The van der Waals surface area contributed by atoms with E-state index in [2.05, 4.69) is 0 Å². The maximum atomic E-state index is 13.3. The molecule has 2 aromatic carbocycles. The first-order chi connectivity index (χ1) is 12.0. The summed E-state index contributed by atoms with van der Waals surface area (Å²) in [6, 6.07) is 14.5. The second-order valence-corrected chi connectivity index (χ2v) is 6.09. The quantitative estimate of drug-likeness (QED) is 0.887. The molecule has 2 N–H and O–H groups in total. The van der Waals surface area contributed by atoms with Gasteiger partial charge in [-0.25, -0.2) is 4.39 Å². The van der Waals surface area contributed by atoms with Gasteiger partial charge in [0.25, 0.3) is 0 Å². The van der Waals surface area contributed by atoms with Gasteiger partial charge >= 0.3 is 0 Å². The third-order valence-corrected chi connectivity index (χ3v) is 4.32. The summed E-state index contributed by atoms with van der Waals surface area (Å²) >= 11 is 0. The molecule has 26 heavy (non-hydrogen) atoms. The molecule has 7 heteroatoms. The van der Waals surface area contributed by atoms with Gasteiger partial charge < -0.3 is 15.5 Å². The fourth-order valence-electron chi connectivity index (χ4n) is 2.92. The van der Waals surface area contributed by atoms with Crippen LogP contribution in [0.15, 0.2) is 54.6 Å². The summed E-state index contributed by atoms with van der Waals surface area (Å²) in [7, 11) is 0. The van der Waals surface area contributed by atoms with Gasteiger partial charge in [-0.3, -0.25) is 9.59 Å². The van der Waals surface area contributed by atoms with E-state index in [4.69, 9.17) is 5.73 Å². The molecular weight excluding hydrogens is 357 g/mol. The number of carbonyl (C=O) groups excluding carboxylic acids is 2. The summed E-state index contributed by atoms with van der Waals surface area (Å²) in [6.45, 7) is 1.15. The van der Waals surface area contributed by atoms with E-state index in [-0.39, 0.29) is 36.6 Å². The summed E-state index contributed by atoms with van der Waals surface area (Å²) in [5, 5.41) is 0. The number of carbonyl (C=O) groups is 2. The molecule has 2 amide bonds. The molecule has 2 aromatic rings. The Hall–Kier alpha value is -2.44. The highest BCUT2D eigenvalue weighted by Gasteiger charge is 2.30. The van der Waals surface area contributed by atoms with Crippen LogP contribution in [0.2, 0.25) is 0 Å². The van der Waals surface area contributed by atoms with Gasteiger partial charge in [0.2, 0.25) is 11.8 Å². The molecule has 0 radical (unpaired) electrons. The van der Waals surface area contributed by atoms with Crippen molar-refractivity contribution in [2.75, 3.05) is 19.6 Å². The smallest absolute Gasteiger partial charge is 0.244 e. The van der Waals surface area contributed by atoms with Gasteiger partial charge in [-0.05, 0) is 23.3 Å². The zero-order valence-corrected chi connectivity index (χ0v) is 15.0. The average molecular weight is 378 g/mol. The standard InChI is InChI=1S/C19H20FN3O2.ClH/c20-16-8-4-5-14(11-16)12-22-9-10-23(13-17(22)24)19(25)18(21)15-6-2-1-3-7-15;/h1-8,11,18H,9-10,12-13,21H2;1H. The lowest BCUT2D eigenvalue weighted by Gasteiger charge is -2.35. The van der Waals surface area contributed by atoms with Crippen LogP contribution in [0.1, 0.15) is 17.2 Å². The zero-order valence-electron chi connectivity index (χ0n) is 14.2. The Morgan fingerprint density at radius 3 is 2.50 bits per heavy atom. The molecule has 0 spiro atoms. The normalized spacial score (nSPS) is 15.4. The van der Waals surface area contributed by atoms with Crippen LogP contribution in [0, 0.1) is 5.82 Å². The third kappa shape index (κ3) is 4.59. The highest BCUT2D eigenvalue weighted by molar-refractivity contribution is 5.89. The van der Waals surface area contributed by atoms with Crippen LogP contribution in [-0.4, -0.2) is 41.2 Å². The fraction of sp³-hybridized carbons (Fsp3) is 0.263. The van der Waals surface area contributed by atoms with Gasteiger partial charge in [-0.1, -0.05) is 42.5 Å². The van der Waals surface area contributed by atoms with Gasteiger partial charge in [-0.2, -0.15) is 0 Å². The molecule has 1 unspecified atom stereocenters. The lowest BCUT2D eigenvalue weighted by atomic mass is 10.1. The van der Waals surface area contributed by atoms with Crippen molar-refractivity contribution in [2.45, 2.75) is 12.6 Å². The number of hydrogen-bond acceptors (Lipinski definition) is 3. The summed E-state index contributed by atoms with van der Waals surface area (Å²) in [6.07, 6.45) is 0. The number of halogens is 2. The molecule has 1 atom stereocenters. The molecule has 1 aliphatic rings. The summed E-state index contributed by atoms with van der Waals surface area (Å²) in [4.78, 5) is 28.0. The molecule has 0 aliphatic carbocycles. The first-order valence-corrected chi connectivity index (χ1v) is 8.16. The summed E-state index contributed by atoms with van der Waals surface area (Å²) < 4.78 is 13.3. The van der Waals surface area contributed by atoms with Crippen molar-refractivity contribution >= 4 is 24.2 Å². The molecule has 0 bridgehead atoms. The van der Waals surface area contributed by atoms with Crippen molar-refractivity contribution in [1.29, 1.82) is 0 Å². The molecular formula is C19H21ClFN3O2. The minimum Gasteiger partial charge on any atom is -0.335 e. The topological polar surface area (TPSA) is 66.6 Å². The molecule has 1 aliphatic heterocycles. The molecule has 0 aromatic heterocycles. The van der Waals surface area contributed by atoms with Gasteiger partial charge in [0.05, 0.1) is 6.54 Å². The molecule has 1 fully saturated rings. The highest BCUT2D eigenvalue weighted by atomic mass is 35.5. The van der Waals surface area contributed by atoms with Crippen molar-refractivity contribution < 1.29 is 14.0 Å². The molecule has 0 saturated carbocycles. The number of rotatable bonds is 4. The Bertz CT molecular complexity index is 772. The van der Waals surface area contributed by atoms with E-state index in [9.17, 15) is 14.0 Å². The number of hydrogen-bond donors (Lipinski definition) is 1. The van der Waals surface area contributed by atoms with Gasteiger partial charge in [0.15, 0.2) is 0 Å². The number of nitrogens with zero attached hydrogens (tertiary/aromatic N) is 2. The molecule has 1 saturated heterocycles. The number of amides is 2. The lowest BCUT2D eigenvalue weighted by molar-refractivity contribution is -0.146. The first kappa shape index (κ1) is 19.9. The van der Waals surface area contributed by atoms with Crippen LogP contribution in [0.25, 0.3) is 0 Å². The van der Waals surface area contributed by atoms with Crippen LogP contribution >= 0.6 is 12.4 Å². The Morgan fingerprint density at radius 1 is 1.12 bits per heavy atom. The fourth-order valence-corrected chi connectivity index (χ4v) is 2.92. The maximum absolute atomic E-state index is 13.3. The SMILES string of the molecule is Cl.NC(C(=O)N1CCN(Cc2cccc(F)c2)C(=O)C1)c1ccccc1. The Kier molecular flexibility index (Phi) is 6.71. The van der Waals surface area contributed by atoms with Crippen LogP contribution < -0.4 is 5.73 Å². The van der Waals surface area contributed by atoms with E-state index in [1.54, 1.807) is 29.2 Å². The molecule has 5 nitrogen and oxygen atoms in total. The predicted octanol–water partition coefficient (Wildman–Crippen LogP) is 2.12. The Balaban J connectivity index is 0.00000243. The minimum absolute atomic E-state index is 0. The lowest BCUT2D eigenvalue weighted by Crippen LogP contribution is -2.53. The maximum Gasteiger partial charge on any atom is 0.244 e. The third-order valence-electron chi connectivity index (χ3n) is 4.32. The van der Waals surface area contributed by atoms with E-state index < -0.39 is 6.04 Å². The molecule has 1 heterocycles. The van der Waals surface area contributed by atoms with E-state index in [0.29, 0.717) is 19.6 Å². The zero-order chi connectivity index (χ0) is 17.8. The monoisotopic (exact) mass is 377 g/mol. The van der Waals surface area contributed by atoms with Crippen molar-refractivity contribution in [3.8, 4) is 0 Å². The van der Waals surface area contributed by atoms with Gasteiger partial charge in [0.1, 0.15) is 11.9 Å². The van der Waals surface area contributed by atoms with Crippen molar-refractivity contribution in [2.24, 2.45) is 5.73 Å². The van der Waals surface area contributed by atoms with Gasteiger partial charge in [0, 0.05) is 19.6 Å². The summed E-state index contributed by atoms with van der Waals surface area (Å²) in [5.74, 6) is -0.748. The van der Waals surface area contributed by atoms with Crippen LogP contribution in [0.4, 0.5) is 4.39 Å². The van der Waals surface area contributed by atoms with E-state index in [1.807, 2.05) is 18.2 Å². The van der Waals surface area contributed by atoms with E-state index >= 15 is 0 Å². The number of piperazine rings is 1. The summed E-state index contributed by atoms with van der Waals surface area (Å²) in [5.41, 5.74) is 7.49. The van der Waals surface area contributed by atoms with E-state index in [0.717, 1.165) is 11.1 Å². The minimum atomic E-state index is -0.774. The molecule has 3 rings (SSSR count). The second kappa shape index (κ2) is 8.78. The molecule has 138 valence electrons. The number of nitrogens with two attached hydrogens (primary N) is 1. The Morgan fingerprint density at radius 2 is 1.85 bits per heavy atom. The highest BCUT2D eigenvalue weighted by Crippen LogP contribution is 2.16. The van der Waals surface area contributed by atoms with E-state index in [1.165, 1.54) is 17.0 Å². The average Bonchev–Trinajstić information content (AvgIpc) is 2.63. The first-order valence-electron chi connectivity index (χ1n) is 8.16.